The number of nitrogens with zero attached hydrogens (tertiary/aromatic N) is 1. The van der Waals surface area contributed by atoms with E-state index in [9.17, 15) is 0 Å². The standard InChI is InChI=1S/C46H29NS2/c1-4-15-30(16-5-1)33-27-28-37(46-44(33)38-23-12-13-25-41(38)48-46)35-24-14-26-42-43(35)39-29-40(34-21-10-11-22-36(34)45(39)49-42)47(31-17-6-2-7-18-31)32-19-8-3-9-20-32/h1-29H. The normalized spacial score (nSPS) is 11.7. The molecule has 0 amide bonds. The van der Waals surface area contributed by atoms with Gasteiger partial charge in [0.05, 0.1) is 5.69 Å². The van der Waals surface area contributed by atoms with Crippen LogP contribution < -0.4 is 4.90 Å². The highest BCUT2D eigenvalue weighted by molar-refractivity contribution is 7.27. The maximum atomic E-state index is 2.44. The van der Waals surface area contributed by atoms with Crippen LogP contribution in [-0.4, -0.2) is 0 Å². The van der Waals surface area contributed by atoms with E-state index >= 15 is 0 Å². The van der Waals surface area contributed by atoms with E-state index in [1.165, 1.54) is 79.1 Å². The van der Waals surface area contributed by atoms with Crippen molar-refractivity contribution in [1.82, 2.24) is 0 Å². The van der Waals surface area contributed by atoms with Crippen LogP contribution in [0.4, 0.5) is 17.1 Å². The molecule has 0 aliphatic rings. The topological polar surface area (TPSA) is 3.24 Å². The molecule has 0 spiro atoms. The highest BCUT2D eigenvalue weighted by Crippen LogP contribution is 2.51. The number of rotatable bonds is 5. The van der Waals surface area contributed by atoms with E-state index in [1.807, 2.05) is 22.7 Å². The molecule has 2 aromatic heterocycles. The second kappa shape index (κ2) is 11.5. The Kier molecular flexibility index (Phi) is 6.61. The highest BCUT2D eigenvalue weighted by Gasteiger charge is 2.22. The van der Waals surface area contributed by atoms with Gasteiger partial charge in [-0.15, -0.1) is 22.7 Å². The number of fused-ring (bicyclic) bond motifs is 8. The molecule has 3 heteroatoms. The van der Waals surface area contributed by atoms with Crippen molar-refractivity contribution < 1.29 is 0 Å². The van der Waals surface area contributed by atoms with Gasteiger partial charge in [0.2, 0.25) is 0 Å². The first-order valence-electron chi connectivity index (χ1n) is 16.6. The summed E-state index contributed by atoms with van der Waals surface area (Å²) in [5.41, 5.74) is 8.57. The molecule has 10 rings (SSSR count). The first-order chi connectivity index (χ1) is 24.3. The number of thiophene rings is 2. The summed E-state index contributed by atoms with van der Waals surface area (Å²) in [4.78, 5) is 2.41. The fourth-order valence-corrected chi connectivity index (χ4v) is 10.0. The van der Waals surface area contributed by atoms with E-state index in [0.717, 1.165) is 11.4 Å². The molecular formula is C46H29NS2. The predicted molar refractivity (Wildman–Crippen MR) is 215 cm³/mol. The molecule has 0 saturated carbocycles. The zero-order chi connectivity index (χ0) is 32.3. The van der Waals surface area contributed by atoms with Crippen LogP contribution in [0.2, 0.25) is 0 Å². The molecule has 0 N–H and O–H groups in total. The molecule has 10 aromatic rings. The van der Waals surface area contributed by atoms with Crippen LogP contribution in [0.5, 0.6) is 0 Å². The lowest BCUT2D eigenvalue weighted by Crippen LogP contribution is -2.10. The van der Waals surface area contributed by atoms with Gasteiger partial charge in [-0.3, -0.25) is 0 Å². The molecule has 0 bridgehead atoms. The fraction of sp³-hybridized carbons (Fsp3) is 0. The third-order valence-electron chi connectivity index (χ3n) is 9.65. The molecule has 0 fully saturated rings. The molecule has 0 atom stereocenters. The van der Waals surface area contributed by atoms with Gasteiger partial charge < -0.3 is 4.90 Å². The summed E-state index contributed by atoms with van der Waals surface area (Å²) in [6, 6.07) is 64.1. The summed E-state index contributed by atoms with van der Waals surface area (Å²) in [5, 5.41) is 7.80. The monoisotopic (exact) mass is 659 g/mol. The Morgan fingerprint density at radius 1 is 0.347 bits per heavy atom. The van der Waals surface area contributed by atoms with Crippen LogP contribution in [0.25, 0.3) is 73.4 Å². The molecular weight excluding hydrogens is 631 g/mol. The lowest BCUT2D eigenvalue weighted by molar-refractivity contribution is 1.30. The van der Waals surface area contributed by atoms with Crippen molar-refractivity contribution in [3.05, 3.63) is 176 Å². The van der Waals surface area contributed by atoms with E-state index < -0.39 is 0 Å². The summed E-state index contributed by atoms with van der Waals surface area (Å²) in [6.07, 6.45) is 0. The quantitative estimate of drug-likeness (QED) is 0.178. The lowest BCUT2D eigenvalue weighted by atomic mass is 9.92. The first kappa shape index (κ1) is 28.3. The van der Waals surface area contributed by atoms with Gasteiger partial charge >= 0.3 is 0 Å². The molecule has 0 aliphatic carbocycles. The van der Waals surface area contributed by atoms with Gasteiger partial charge in [-0.2, -0.15) is 0 Å². The molecule has 1 nitrogen and oxygen atoms in total. The Balaban J connectivity index is 1.30. The molecule has 0 aliphatic heterocycles. The van der Waals surface area contributed by atoms with Crippen LogP contribution in [0.1, 0.15) is 0 Å². The van der Waals surface area contributed by atoms with Gasteiger partial charge in [0.15, 0.2) is 0 Å². The molecule has 0 radical (unpaired) electrons. The van der Waals surface area contributed by atoms with E-state index in [4.69, 9.17) is 0 Å². The Hall–Kier alpha value is -5.74. The average molecular weight is 660 g/mol. The number of hydrogen-bond acceptors (Lipinski definition) is 3. The van der Waals surface area contributed by atoms with Gasteiger partial charge in [-0.25, -0.2) is 0 Å². The van der Waals surface area contributed by atoms with Crippen molar-refractivity contribution in [3.63, 3.8) is 0 Å². The Bertz CT molecular complexity index is 2770. The minimum absolute atomic E-state index is 1.14. The first-order valence-corrected chi connectivity index (χ1v) is 18.2. The van der Waals surface area contributed by atoms with Crippen molar-refractivity contribution in [2.24, 2.45) is 0 Å². The second-order valence-corrected chi connectivity index (χ2v) is 14.5. The molecule has 230 valence electrons. The number of hydrogen-bond donors (Lipinski definition) is 0. The van der Waals surface area contributed by atoms with Gasteiger partial charge in [-0.05, 0) is 59.2 Å². The SMILES string of the molecule is c1ccc(-c2ccc(-c3cccc4sc5c6ccccc6c(N(c6ccccc6)c6ccccc6)cc5c34)c3sc4ccccc4c23)cc1. The zero-order valence-electron chi connectivity index (χ0n) is 26.5. The second-order valence-electron chi connectivity index (χ2n) is 12.4. The van der Waals surface area contributed by atoms with E-state index in [1.54, 1.807) is 0 Å². The predicted octanol–water partition coefficient (Wildman–Crippen LogP) is 14.4. The molecule has 0 saturated heterocycles. The zero-order valence-corrected chi connectivity index (χ0v) is 28.1. The number of anilines is 3. The molecule has 2 heterocycles. The smallest absolute Gasteiger partial charge is 0.0547 e. The van der Waals surface area contributed by atoms with Crippen LogP contribution in [0.15, 0.2) is 176 Å². The van der Waals surface area contributed by atoms with Crippen molar-refractivity contribution in [2.45, 2.75) is 0 Å². The largest absolute Gasteiger partial charge is 0.310 e. The van der Waals surface area contributed by atoms with Crippen LogP contribution in [0.3, 0.4) is 0 Å². The molecule has 0 unspecified atom stereocenters. The molecule has 49 heavy (non-hydrogen) atoms. The van der Waals surface area contributed by atoms with Crippen molar-refractivity contribution >= 4 is 90.9 Å². The third-order valence-corrected chi connectivity index (χ3v) is 12.1. The van der Waals surface area contributed by atoms with Crippen molar-refractivity contribution in [3.8, 4) is 22.3 Å². The summed E-state index contributed by atoms with van der Waals surface area (Å²) >= 11 is 3.82. The molecule has 8 aromatic carbocycles. The number of benzene rings is 8. The summed E-state index contributed by atoms with van der Waals surface area (Å²) in [5.74, 6) is 0. The Morgan fingerprint density at radius 3 is 1.65 bits per heavy atom. The van der Waals surface area contributed by atoms with Gasteiger partial charge in [0.25, 0.3) is 0 Å². The van der Waals surface area contributed by atoms with Gasteiger partial charge in [0.1, 0.15) is 0 Å². The van der Waals surface area contributed by atoms with Crippen molar-refractivity contribution in [1.29, 1.82) is 0 Å². The third kappa shape index (κ3) is 4.51. The summed E-state index contributed by atoms with van der Waals surface area (Å²) in [6.45, 7) is 0. The number of para-hydroxylation sites is 2. The average Bonchev–Trinajstić information content (AvgIpc) is 3.75. The van der Waals surface area contributed by atoms with Crippen LogP contribution in [0, 0.1) is 0 Å². The maximum absolute atomic E-state index is 2.44. The van der Waals surface area contributed by atoms with Gasteiger partial charge in [-0.1, -0.05) is 133 Å². The van der Waals surface area contributed by atoms with Crippen LogP contribution >= 0.6 is 22.7 Å². The van der Waals surface area contributed by atoms with Crippen molar-refractivity contribution in [2.75, 3.05) is 4.90 Å². The fourth-order valence-electron chi connectivity index (χ4n) is 7.52. The minimum atomic E-state index is 1.14. The maximum Gasteiger partial charge on any atom is 0.0547 e. The Labute approximate surface area is 292 Å². The summed E-state index contributed by atoms with van der Waals surface area (Å²) < 4.78 is 5.29. The van der Waals surface area contributed by atoms with E-state index in [2.05, 4.69) is 181 Å². The summed E-state index contributed by atoms with van der Waals surface area (Å²) in [7, 11) is 0. The van der Waals surface area contributed by atoms with Crippen LogP contribution in [-0.2, 0) is 0 Å². The minimum Gasteiger partial charge on any atom is -0.310 e. The van der Waals surface area contributed by atoms with Gasteiger partial charge in [0, 0.05) is 68.1 Å². The van der Waals surface area contributed by atoms with E-state index in [0.29, 0.717) is 0 Å². The Morgan fingerprint density at radius 2 is 0.918 bits per heavy atom. The van der Waals surface area contributed by atoms with E-state index in [-0.39, 0.29) is 0 Å². The lowest BCUT2D eigenvalue weighted by Gasteiger charge is -2.27. The highest BCUT2D eigenvalue weighted by atomic mass is 32.1.